The summed E-state index contributed by atoms with van der Waals surface area (Å²) in [5.41, 5.74) is 6.81. The van der Waals surface area contributed by atoms with Crippen molar-refractivity contribution >= 4 is 12.0 Å². The molecule has 1 aromatic rings. The zero-order valence-electron chi connectivity index (χ0n) is 9.44. The van der Waals surface area contributed by atoms with Crippen LogP contribution in [0.1, 0.15) is 31.7 Å². The fraction of sp³-hybridized carbons (Fsp3) is 0.308. The van der Waals surface area contributed by atoms with Gasteiger partial charge in [0.15, 0.2) is 0 Å². The van der Waals surface area contributed by atoms with Crippen molar-refractivity contribution in [1.82, 2.24) is 0 Å². The molecule has 0 saturated heterocycles. The first kappa shape index (κ1) is 12.3. The van der Waals surface area contributed by atoms with Crippen molar-refractivity contribution in [2.24, 2.45) is 5.73 Å². The fourth-order valence-corrected chi connectivity index (χ4v) is 1.41. The van der Waals surface area contributed by atoms with Crippen LogP contribution < -0.4 is 5.73 Å². The standard InChI is InChI=1S/C13H17NO2/c1-2-3-4-11(13(14)16)9-10-5-7-12(15)8-6-10/h5-9,15H,2-4H2,1H3,(H2,14,16). The molecule has 0 bridgehead atoms. The van der Waals surface area contributed by atoms with Crippen LogP contribution in [0.3, 0.4) is 0 Å². The molecule has 0 atom stereocenters. The molecule has 0 fully saturated rings. The predicted molar refractivity (Wildman–Crippen MR) is 64.8 cm³/mol. The number of rotatable bonds is 5. The highest BCUT2D eigenvalue weighted by molar-refractivity contribution is 5.96. The number of nitrogens with two attached hydrogens (primary N) is 1. The van der Waals surface area contributed by atoms with Crippen molar-refractivity contribution < 1.29 is 9.90 Å². The van der Waals surface area contributed by atoms with Crippen LogP contribution in [0.25, 0.3) is 6.08 Å². The van der Waals surface area contributed by atoms with Gasteiger partial charge in [-0.15, -0.1) is 0 Å². The maximum Gasteiger partial charge on any atom is 0.244 e. The molecule has 0 aliphatic heterocycles. The average Bonchev–Trinajstić information content (AvgIpc) is 2.26. The summed E-state index contributed by atoms with van der Waals surface area (Å²) in [7, 11) is 0. The van der Waals surface area contributed by atoms with Gasteiger partial charge in [0.2, 0.25) is 5.91 Å². The minimum absolute atomic E-state index is 0.214. The molecule has 0 spiro atoms. The van der Waals surface area contributed by atoms with Crippen molar-refractivity contribution in [3.63, 3.8) is 0 Å². The third-order valence-electron chi connectivity index (χ3n) is 2.35. The number of aromatic hydroxyl groups is 1. The Labute approximate surface area is 95.6 Å². The lowest BCUT2D eigenvalue weighted by Gasteiger charge is -2.02. The second-order valence-electron chi connectivity index (χ2n) is 3.73. The van der Waals surface area contributed by atoms with E-state index in [9.17, 15) is 4.79 Å². The average molecular weight is 219 g/mol. The number of carbonyl (C=O) groups is 1. The number of carbonyl (C=O) groups excluding carboxylic acids is 1. The van der Waals surface area contributed by atoms with Crippen LogP contribution in [0, 0.1) is 0 Å². The summed E-state index contributed by atoms with van der Waals surface area (Å²) in [5.74, 6) is -0.159. The van der Waals surface area contributed by atoms with Crippen molar-refractivity contribution in [3.8, 4) is 5.75 Å². The van der Waals surface area contributed by atoms with Crippen LogP contribution in [-0.2, 0) is 4.79 Å². The normalized spacial score (nSPS) is 11.4. The molecular weight excluding hydrogens is 202 g/mol. The minimum atomic E-state index is -0.374. The van der Waals surface area contributed by atoms with E-state index in [0.717, 1.165) is 18.4 Å². The maximum atomic E-state index is 11.2. The Balaban J connectivity index is 2.84. The molecule has 3 heteroatoms. The first-order valence-corrected chi connectivity index (χ1v) is 5.43. The Morgan fingerprint density at radius 3 is 2.50 bits per heavy atom. The van der Waals surface area contributed by atoms with Crippen LogP contribution >= 0.6 is 0 Å². The Morgan fingerprint density at radius 1 is 1.38 bits per heavy atom. The van der Waals surface area contributed by atoms with Crippen LogP contribution in [-0.4, -0.2) is 11.0 Å². The molecule has 3 N–H and O–H groups in total. The molecule has 0 aliphatic rings. The lowest BCUT2D eigenvalue weighted by Crippen LogP contribution is -2.13. The molecule has 0 unspecified atom stereocenters. The number of phenols is 1. The van der Waals surface area contributed by atoms with E-state index in [1.165, 1.54) is 0 Å². The number of primary amides is 1. The second-order valence-corrected chi connectivity index (χ2v) is 3.73. The Bertz CT molecular complexity index is 379. The largest absolute Gasteiger partial charge is 0.508 e. The van der Waals surface area contributed by atoms with Crippen molar-refractivity contribution in [2.75, 3.05) is 0 Å². The first-order chi connectivity index (χ1) is 7.63. The number of hydrogen-bond donors (Lipinski definition) is 2. The summed E-state index contributed by atoms with van der Waals surface area (Å²) in [6.45, 7) is 2.07. The van der Waals surface area contributed by atoms with Gasteiger partial charge in [0.1, 0.15) is 5.75 Å². The zero-order valence-corrected chi connectivity index (χ0v) is 9.44. The Morgan fingerprint density at radius 2 is 2.00 bits per heavy atom. The summed E-state index contributed by atoms with van der Waals surface area (Å²) >= 11 is 0. The molecule has 1 amide bonds. The van der Waals surface area contributed by atoms with Gasteiger partial charge in [-0.25, -0.2) is 0 Å². The highest BCUT2D eigenvalue weighted by atomic mass is 16.3. The molecule has 3 nitrogen and oxygen atoms in total. The van der Waals surface area contributed by atoms with Crippen LogP contribution in [0.15, 0.2) is 29.8 Å². The smallest absolute Gasteiger partial charge is 0.244 e. The predicted octanol–water partition coefficient (Wildman–Crippen LogP) is 2.45. The third-order valence-corrected chi connectivity index (χ3v) is 2.35. The van der Waals surface area contributed by atoms with Gasteiger partial charge in [0.25, 0.3) is 0 Å². The van der Waals surface area contributed by atoms with Gasteiger partial charge >= 0.3 is 0 Å². The van der Waals surface area contributed by atoms with E-state index < -0.39 is 0 Å². The van der Waals surface area contributed by atoms with E-state index in [1.807, 2.05) is 0 Å². The van der Waals surface area contributed by atoms with Gasteiger partial charge in [-0.1, -0.05) is 25.5 Å². The quantitative estimate of drug-likeness (QED) is 0.747. The van der Waals surface area contributed by atoms with Crippen LogP contribution in [0.4, 0.5) is 0 Å². The Kier molecular flexibility index (Phi) is 4.58. The minimum Gasteiger partial charge on any atom is -0.508 e. The summed E-state index contributed by atoms with van der Waals surface area (Å²) in [5, 5.41) is 9.13. The van der Waals surface area contributed by atoms with Crippen molar-refractivity contribution in [2.45, 2.75) is 26.2 Å². The monoisotopic (exact) mass is 219 g/mol. The topological polar surface area (TPSA) is 63.3 Å². The number of phenolic OH excluding ortho intramolecular Hbond substituents is 1. The van der Waals surface area contributed by atoms with Crippen LogP contribution in [0.2, 0.25) is 0 Å². The van der Waals surface area contributed by atoms with Crippen molar-refractivity contribution in [3.05, 3.63) is 35.4 Å². The molecule has 0 aliphatic carbocycles. The molecule has 86 valence electrons. The lowest BCUT2D eigenvalue weighted by atomic mass is 10.0. The zero-order chi connectivity index (χ0) is 12.0. The fourth-order valence-electron chi connectivity index (χ4n) is 1.41. The number of hydrogen-bond acceptors (Lipinski definition) is 2. The molecule has 0 saturated carbocycles. The van der Waals surface area contributed by atoms with Crippen LogP contribution in [0.5, 0.6) is 5.75 Å². The number of unbranched alkanes of at least 4 members (excludes halogenated alkanes) is 1. The molecule has 1 aromatic carbocycles. The third kappa shape index (κ3) is 3.77. The van der Waals surface area contributed by atoms with Gasteiger partial charge in [-0.2, -0.15) is 0 Å². The van der Waals surface area contributed by atoms with E-state index in [4.69, 9.17) is 10.8 Å². The number of benzene rings is 1. The maximum absolute atomic E-state index is 11.2. The van der Waals surface area contributed by atoms with E-state index in [1.54, 1.807) is 30.3 Å². The molecule has 1 rings (SSSR count). The second kappa shape index (κ2) is 5.95. The number of amides is 1. The summed E-state index contributed by atoms with van der Waals surface area (Å²) in [6, 6.07) is 6.68. The SMILES string of the molecule is CCCCC(=Cc1ccc(O)cc1)C(N)=O. The highest BCUT2D eigenvalue weighted by Crippen LogP contribution is 2.15. The van der Waals surface area contributed by atoms with E-state index in [-0.39, 0.29) is 11.7 Å². The first-order valence-electron chi connectivity index (χ1n) is 5.43. The van der Waals surface area contributed by atoms with Gasteiger partial charge in [0.05, 0.1) is 0 Å². The summed E-state index contributed by atoms with van der Waals surface area (Å²) in [4.78, 5) is 11.2. The molecule has 0 aromatic heterocycles. The van der Waals surface area contributed by atoms with Gasteiger partial charge in [-0.3, -0.25) is 4.79 Å². The van der Waals surface area contributed by atoms with E-state index in [2.05, 4.69) is 6.92 Å². The highest BCUT2D eigenvalue weighted by Gasteiger charge is 2.04. The summed E-state index contributed by atoms with van der Waals surface area (Å²) < 4.78 is 0. The van der Waals surface area contributed by atoms with Gasteiger partial charge in [-0.05, 0) is 36.6 Å². The van der Waals surface area contributed by atoms with Gasteiger partial charge in [0, 0.05) is 5.57 Å². The van der Waals surface area contributed by atoms with Crippen molar-refractivity contribution in [1.29, 1.82) is 0 Å². The van der Waals surface area contributed by atoms with E-state index in [0.29, 0.717) is 12.0 Å². The summed E-state index contributed by atoms with van der Waals surface area (Å²) in [6.07, 6.45) is 4.46. The molecular formula is C13H17NO2. The molecule has 0 radical (unpaired) electrons. The Hall–Kier alpha value is -1.77. The molecule has 0 heterocycles. The molecule has 16 heavy (non-hydrogen) atoms. The van der Waals surface area contributed by atoms with Gasteiger partial charge < -0.3 is 10.8 Å². The lowest BCUT2D eigenvalue weighted by molar-refractivity contribution is -0.114. The van der Waals surface area contributed by atoms with E-state index >= 15 is 0 Å².